The zero-order valence-corrected chi connectivity index (χ0v) is 11.1. The molecule has 1 saturated carbocycles. The van der Waals surface area contributed by atoms with E-state index in [2.05, 4.69) is 0 Å². The smallest absolute Gasteiger partial charge is 0.294 e. The molecular weight excluding hydrogens is 303 g/mol. The van der Waals surface area contributed by atoms with Gasteiger partial charge in [-0.25, -0.2) is 0 Å². The van der Waals surface area contributed by atoms with E-state index in [4.69, 9.17) is 0 Å². The van der Waals surface area contributed by atoms with Gasteiger partial charge in [-0.05, 0) is 24.6 Å². The van der Waals surface area contributed by atoms with Crippen molar-refractivity contribution in [1.29, 1.82) is 0 Å². The minimum absolute atomic E-state index is 0.145. The summed E-state index contributed by atoms with van der Waals surface area (Å²) in [5.41, 5.74) is -2.36. The molecule has 0 spiro atoms. The van der Waals surface area contributed by atoms with Gasteiger partial charge in [0.1, 0.15) is 0 Å². The Bertz CT molecular complexity index is 674. The molecule has 1 aromatic rings. The fourth-order valence-corrected chi connectivity index (χ4v) is 2.15. The van der Waals surface area contributed by atoms with Crippen LogP contribution in [0.25, 0.3) is 6.08 Å². The van der Waals surface area contributed by atoms with Crippen molar-refractivity contribution in [3.05, 3.63) is 45.0 Å². The number of nitro groups is 1. The maximum absolute atomic E-state index is 12.6. The molecule has 1 aliphatic carbocycles. The number of Topliss-reactive ketones (excluding diaryl/α,β-unsaturated/α-hetero) is 2. The van der Waals surface area contributed by atoms with E-state index in [0.717, 1.165) is 12.1 Å². The van der Waals surface area contributed by atoms with Crippen LogP contribution in [0.5, 0.6) is 0 Å². The molecule has 0 heterocycles. The summed E-state index contributed by atoms with van der Waals surface area (Å²) in [6.07, 6.45) is -3.02. The second-order valence-electron chi connectivity index (χ2n) is 4.79. The lowest BCUT2D eigenvalue weighted by molar-refractivity contribution is -0.385. The minimum atomic E-state index is -4.72. The maximum Gasteiger partial charge on any atom is 0.416 e. The lowest BCUT2D eigenvalue weighted by Crippen LogP contribution is -2.18. The molecule has 0 unspecified atom stereocenters. The van der Waals surface area contributed by atoms with Crippen molar-refractivity contribution in [3.8, 4) is 0 Å². The van der Waals surface area contributed by atoms with Crippen LogP contribution < -0.4 is 0 Å². The van der Waals surface area contributed by atoms with Gasteiger partial charge in [0.05, 0.1) is 21.6 Å². The molecule has 8 heteroatoms. The molecule has 0 aliphatic heterocycles. The molecular formula is C14H10F3NO4. The summed E-state index contributed by atoms with van der Waals surface area (Å²) in [5.74, 6) is -0.907. The van der Waals surface area contributed by atoms with Crippen molar-refractivity contribution in [3.63, 3.8) is 0 Å². The number of allylic oxidation sites excluding steroid dienone is 1. The Balaban J connectivity index is 2.53. The molecule has 22 heavy (non-hydrogen) atoms. The van der Waals surface area contributed by atoms with Crippen molar-refractivity contribution in [1.82, 2.24) is 0 Å². The lowest BCUT2D eigenvalue weighted by Gasteiger charge is -2.12. The fraction of sp³-hybridized carbons (Fsp3) is 0.286. The Morgan fingerprint density at radius 3 is 2.23 bits per heavy atom. The number of hydrogen-bond acceptors (Lipinski definition) is 4. The van der Waals surface area contributed by atoms with Gasteiger partial charge in [0.25, 0.3) is 5.69 Å². The molecule has 0 atom stereocenters. The number of nitrogens with zero attached hydrogens (tertiary/aromatic N) is 1. The number of hydrogen-bond donors (Lipinski definition) is 0. The number of ketones is 2. The van der Waals surface area contributed by atoms with E-state index in [-0.39, 0.29) is 24.0 Å². The maximum atomic E-state index is 12.6. The Morgan fingerprint density at radius 1 is 1.14 bits per heavy atom. The first-order chi connectivity index (χ1) is 10.2. The first kappa shape index (κ1) is 15.9. The van der Waals surface area contributed by atoms with Gasteiger partial charge in [-0.1, -0.05) is 0 Å². The summed E-state index contributed by atoms with van der Waals surface area (Å²) in [6, 6.07) is 1.96. The average Bonchev–Trinajstić information content (AvgIpc) is 2.42. The summed E-state index contributed by atoms with van der Waals surface area (Å²) in [7, 11) is 0. The van der Waals surface area contributed by atoms with Gasteiger partial charge in [-0.3, -0.25) is 19.7 Å². The largest absolute Gasteiger partial charge is 0.416 e. The number of nitro benzene ring substituents is 1. The summed E-state index contributed by atoms with van der Waals surface area (Å²) in [5, 5.41) is 10.9. The van der Waals surface area contributed by atoms with Crippen molar-refractivity contribution < 1.29 is 27.7 Å². The van der Waals surface area contributed by atoms with Crippen molar-refractivity contribution in [2.45, 2.75) is 25.4 Å². The molecule has 1 aliphatic rings. The minimum Gasteiger partial charge on any atom is -0.294 e. The third-order valence-corrected chi connectivity index (χ3v) is 3.26. The van der Waals surface area contributed by atoms with Crippen LogP contribution in [0, 0.1) is 10.1 Å². The predicted molar refractivity (Wildman–Crippen MR) is 69.9 cm³/mol. The second kappa shape index (κ2) is 5.70. The van der Waals surface area contributed by atoms with E-state index in [1.165, 1.54) is 0 Å². The van der Waals surface area contributed by atoms with Gasteiger partial charge in [-0.2, -0.15) is 13.2 Å². The lowest BCUT2D eigenvalue weighted by atomic mass is 9.90. The molecule has 0 aromatic heterocycles. The van der Waals surface area contributed by atoms with Gasteiger partial charge in [0, 0.05) is 18.9 Å². The van der Waals surface area contributed by atoms with Crippen LogP contribution >= 0.6 is 0 Å². The highest BCUT2D eigenvalue weighted by molar-refractivity contribution is 6.24. The van der Waals surface area contributed by atoms with E-state index < -0.39 is 33.9 Å². The van der Waals surface area contributed by atoms with Crippen molar-refractivity contribution >= 4 is 23.3 Å². The predicted octanol–water partition coefficient (Wildman–Crippen LogP) is 3.32. The quantitative estimate of drug-likeness (QED) is 0.363. The molecule has 5 nitrogen and oxygen atoms in total. The third kappa shape index (κ3) is 3.21. The van der Waals surface area contributed by atoms with Crippen LogP contribution in [-0.4, -0.2) is 16.5 Å². The zero-order chi connectivity index (χ0) is 16.5. The zero-order valence-electron chi connectivity index (χ0n) is 11.1. The molecule has 0 saturated heterocycles. The molecule has 0 amide bonds. The van der Waals surface area contributed by atoms with Crippen LogP contribution in [0.2, 0.25) is 0 Å². The van der Waals surface area contributed by atoms with Gasteiger partial charge in [0.2, 0.25) is 0 Å². The monoisotopic (exact) mass is 313 g/mol. The van der Waals surface area contributed by atoms with E-state index in [1.54, 1.807) is 0 Å². The SMILES string of the molecule is O=C1CCCC(=O)C1=Cc1ccc(C(F)(F)F)cc1[N+](=O)[O-]. The van der Waals surface area contributed by atoms with Gasteiger partial charge < -0.3 is 0 Å². The van der Waals surface area contributed by atoms with Crippen LogP contribution in [0.3, 0.4) is 0 Å². The highest BCUT2D eigenvalue weighted by atomic mass is 19.4. The van der Waals surface area contributed by atoms with Gasteiger partial charge in [0.15, 0.2) is 11.6 Å². The number of alkyl halides is 3. The Morgan fingerprint density at radius 2 is 1.73 bits per heavy atom. The molecule has 1 aromatic carbocycles. The van der Waals surface area contributed by atoms with Crippen LogP contribution in [0.1, 0.15) is 30.4 Å². The third-order valence-electron chi connectivity index (χ3n) is 3.26. The molecule has 1 fully saturated rings. The standard InChI is InChI=1S/C14H10F3NO4/c15-14(16,17)9-5-4-8(11(7-9)18(21)22)6-10-12(19)2-1-3-13(10)20/h4-7H,1-3H2. The number of carbonyl (C=O) groups is 2. The summed E-state index contributed by atoms with van der Waals surface area (Å²) in [4.78, 5) is 33.3. The number of benzene rings is 1. The highest BCUT2D eigenvalue weighted by Crippen LogP contribution is 2.34. The summed E-state index contributed by atoms with van der Waals surface area (Å²) < 4.78 is 37.8. The van der Waals surface area contributed by atoms with E-state index in [9.17, 15) is 32.9 Å². The average molecular weight is 313 g/mol. The molecule has 0 radical (unpaired) electrons. The Labute approximate surface area is 122 Å². The molecule has 2 rings (SSSR count). The summed E-state index contributed by atoms with van der Waals surface area (Å²) in [6.45, 7) is 0. The Hall–Kier alpha value is -2.51. The van der Waals surface area contributed by atoms with Crippen LogP contribution in [-0.2, 0) is 15.8 Å². The first-order valence-corrected chi connectivity index (χ1v) is 6.34. The fourth-order valence-electron chi connectivity index (χ4n) is 2.15. The van der Waals surface area contributed by atoms with Crippen LogP contribution in [0.15, 0.2) is 23.8 Å². The first-order valence-electron chi connectivity index (χ1n) is 6.34. The molecule has 116 valence electrons. The molecule has 0 N–H and O–H groups in total. The number of halogens is 3. The molecule has 0 bridgehead atoms. The van der Waals surface area contributed by atoms with E-state index in [1.807, 2.05) is 0 Å². The van der Waals surface area contributed by atoms with E-state index in [0.29, 0.717) is 18.6 Å². The normalized spacial score (nSPS) is 15.9. The number of rotatable bonds is 2. The van der Waals surface area contributed by atoms with Crippen molar-refractivity contribution in [2.75, 3.05) is 0 Å². The van der Waals surface area contributed by atoms with Crippen molar-refractivity contribution in [2.24, 2.45) is 0 Å². The van der Waals surface area contributed by atoms with Gasteiger partial charge >= 0.3 is 6.18 Å². The topological polar surface area (TPSA) is 77.3 Å². The second-order valence-corrected chi connectivity index (χ2v) is 4.79. The Kier molecular flexibility index (Phi) is 4.11. The summed E-state index contributed by atoms with van der Waals surface area (Å²) >= 11 is 0. The van der Waals surface area contributed by atoms with Crippen LogP contribution in [0.4, 0.5) is 18.9 Å². The van der Waals surface area contributed by atoms with E-state index >= 15 is 0 Å². The number of carbonyl (C=O) groups excluding carboxylic acids is 2. The van der Waals surface area contributed by atoms with Gasteiger partial charge in [-0.15, -0.1) is 0 Å². The highest BCUT2D eigenvalue weighted by Gasteiger charge is 2.33.